The molecule has 3 aromatic rings. The molecular formula is C41H71N. The standard InChI is InChI=1S/C18H20.C8H10.C7H17N.4C2H6/c1-12(2)9-10-16-7-6-8-17-15(5)13(3)11-14(4)18(16)17;1-7-3-5-8(2)6-4-7;1-4-7-8(5-2)6-3;4*1-2/h6-8,11H,1,4-5,9-10H2,2-3H3;3-6H,1-2H3;4-7H2,1-3H3;4*1-2H3. The summed E-state index contributed by atoms with van der Waals surface area (Å²) in [4.78, 5) is 2.43. The summed E-state index contributed by atoms with van der Waals surface area (Å²) in [6, 6.07) is 17.1. The molecular weight excluding hydrogens is 506 g/mol. The Balaban J connectivity index is -0.000000253. The Bertz CT molecular complexity index is 1100. The van der Waals surface area contributed by atoms with Crippen LogP contribution in [0.4, 0.5) is 0 Å². The highest BCUT2D eigenvalue weighted by Gasteiger charge is 2.04. The highest BCUT2D eigenvalue weighted by molar-refractivity contribution is 5.87. The van der Waals surface area contributed by atoms with Crippen LogP contribution in [0.25, 0.3) is 23.9 Å². The maximum Gasteiger partial charge on any atom is -0.00216 e. The van der Waals surface area contributed by atoms with Crippen LogP contribution in [0.15, 0.2) is 60.7 Å². The molecule has 0 radical (unpaired) electrons. The summed E-state index contributed by atoms with van der Waals surface area (Å²) in [6.45, 7) is 47.0. The van der Waals surface area contributed by atoms with E-state index >= 15 is 0 Å². The first-order valence-corrected chi connectivity index (χ1v) is 16.7. The van der Waals surface area contributed by atoms with E-state index in [1.807, 2.05) is 55.4 Å². The summed E-state index contributed by atoms with van der Waals surface area (Å²) < 4.78 is 0. The zero-order chi connectivity index (χ0) is 33.7. The van der Waals surface area contributed by atoms with Crippen molar-refractivity contribution >= 4 is 23.9 Å². The first kappa shape index (κ1) is 46.3. The molecule has 0 amide bonds. The SMILES string of the molecule is C=C(C)CCc1cccc2c(=C)c(C)cc(=C)c12.CC.CC.CC.CC.CCCN(CC)CC.Cc1ccc(C)cc1. The zero-order valence-electron chi connectivity index (χ0n) is 30.9. The predicted molar refractivity (Wildman–Crippen MR) is 202 cm³/mol. The molecule has 0 saturated heterocycles. The number of fused-ring (bicyclic) bond motifs is 1. The van der Waals surface area contributed by atoms with Crippen LogP contribution < -0.4 is 10.4 Å². The maximum atomic E-state index is 4.19. The molecule has 0 aliphatic rings. The number of hydrogen-bond acceptors (Lipinski definition) is 1. The molecule has 0 N–H and O–H groups in total. The van der Waals surface area contributed by atoms with Gasteiger partial charge in [-0.1, -0.05) is 155 Å². The monoisotopic (exact) mass is 578 g/mol. The largest absolute Gasteiger partial charge is 0.304 e. The molecule has 0 bridgehead atoms. The van der Waals surface area contributed by atoms with Crippen molar-refractivity contribution < 1.29 is 0 Å². The summed E-state index contributed by atoms with van der Waals surface area (Å²) in [5, 5.41) is 4.73. The summed E-state index contributed by atoms with van der Waals surface area (Å²) >= 11 is 0. The summed E-state index contributed by atoms with van der Waals surface area (Å²) in [6.07, 6.45) is 3.33. The van der Waals surface area contributed by atoms with E-state index in [-0.39, 0.29) is 0 Å². The first-order chi connectivity index (χ1) is 20.1. The number of allylic oxidation sites excluding steroid dienone is 1. The predicted octanol–water partition coefficient (Wildman–Crippen LogP) is 11.6. The molecule has 0 heterocycles. The lowest BCUT2D eigenvalue weighted by Gasteiger charge is -2.15. The summed E-state index contributed by atoms with van der Waals surface area (Å²) in [5.41, 5.74) is 6.45. The van der Waals surface area contributed by atoms with Crippen molar-refractivity contribution in [1.82, 2.24) is 4.90 Å². The third kappa shape index (κ3) is 20.3. The van der Waals surface area contributed by atoms with E-state index in [1.165, 1.54) is 64.7 Å². The second-order valence-electron chi connectivity index (χ2n) is 9.31. The van der Waals surface area contributed by atoms with Gasteiger partial charge in [0, 0.05) is 0 Å². The average molecular weight is 578 g/mol. The number of benzene rings is 3. The van der Waals surface area contributed by atoms with Crippen LogP contribution in [0.3, 0.4) is 0 Å². The Labute approximate surface area is 264 Å². The minimum atomic E-state index is 1.03. The van der Waals surface area contributed by atoms with Crippen LogP contribution in [-0.2, 0) is 6.42 Å². The van der Waals surface area contributed by atoms with Crippen LogP contribution in [0.2, 0.25) is 0 Å². The van der Waals surface area contributed by atoms with Gasteiger partial charge in [0.1, 0.15) is 0 Å². The van der Waals surface area contributed by atoms with Gasteiger partial charge in [0.25, 0.3) is 0 Å². The maximum absolute atomic E-state index is 4.19. The van der Waals surface area contributed by atoms with Gasteiger partial charge in [0.05, 0.1) is 0 Å². The van der Waals surface area contributed by atoms with Gasteiger partial charge in [0.15, 0.2) is 0 Å². The van der Waals surface area contributed by atoms with Crippen LogP contribution in [0.1, 0.15) is 118 Å². The van der Waals surface area contributed by atoms with Crippen molar-refractivity contribution in [1.29, 1.82) is 0 Å². The topological polar surface area (TPSA) is 3.24 Å². The Morgan fingerprint density at radius 2 is 1.17 bits per heavy atom. The van der Waals surface area contributed by atoms with E-state index in [9.17, 15) is 0 Å². The van der Waals surface area contributed by atoms with Crippen molar-refractivity contribution in [3.05, 3.63) is 93.4 Å². The summed E-state index contributed by atoms with van der Waals surface area (Å²) in [5.74, 6) is 0. The highest BCUT2D eigenvalue weighted by Crippen LogP contribution is 2.16. The fraction of sp³-hybridized carbons (Fsp3) is 0.512. The van der Waals surface area contributed by atoms with Gasteiger partial charge in [0.2, 0.25) is 0 Å². The fourth-order valence-electron chi connectivity index (χ4n) is 3.91. The van der Waals surface area contributed by atoms with Crippen LogP contribution in [0.5, 0.6) is 0 Å². The van der Waals surface area contributed by atoms with Gasteiger partial charge in [-0.15, -0.1) is 6.58 Å². The second kappa shape index (κ2) is 31.3. The van der Waals surface area contributed by atoms with Gasteiger partial charge in [-0.25, -0.2) is 0 Å². The number of rotatable bonds is 7. The van der Waals surface area contributed by atoms with Crippen molar-refractivity contribution in [2.45, 2.75) is 123 Å². The molecule has 0 atom stereocenters. The minimum Gasteiger partial charge on any atom is -0.304 e. The van der Waals surface area contributed by atoms with Gasteiger partial charge in [-0.2, -0.15) is 0 Å². The molecule has 3 aromatic carbocycles. The van der Waals surface area contributed by atoms with Gasteiger partial charge in [-0.3, -0.25) is 0 Å². The molecule has 0 saturated carbocycles. The third-order valence-corrected chi connectivity index (χ3v) is 6.14. The molecule has 0 fully saturated rings. The molecule has 0 aromatic heterocycles. The molecule has 0 unspecified atom stereocenters. The minimum absolute atomic E-state index is 1.03. The number of hydrogen-bond donors (Lipinski definition) is 0. The van der Waals surface area contributed by atoms with Gasteiger partial charge in [-0.05, 0) is 98.9 Å². The van der Waals surface area contributed by atoms with E-state index in [1.54, 1.807) is 0 Å². The van der Waals surface area contributed by atoms with E-state index in [4.69, 9.17) is 0 Å². The number of nitrogens with zero attached hydrogens (tertiary/aromatic N) is 1. The molecule has 0 spiro atoms. The van der Waals surface area contributed by atoms with Gasteiger partial charge < -0.3 is 4.90 Å². The van der Waals surface area contributed by atoms with Crippen LogP contribution in [0, 0.1) is 20.8 Å². The lowest BCUT2D eigenvalue weighted by Crippen LogP contribution is -2.23. The molecule has 0 aliphatic heterocycles. The van der Waals surface area contributed by atoms with Crippen LogP contribution >= 0.6 is 0 Å². The Kier molecular flexibility index (Phi) is 34.5. The smallest absolute Gasteiger partial charge is 0.00216 e. The quantitative estimate of drug-likeness (QED) is 0.252. The van der Waals surface area contributed by atoms with Crippen molar-refractivity contribution in [3.8, 4) is 0 Å². The average Bonchev–Trinajstić information content (AvgIpc) is 3.03. The zero-order valence-corrected chi connectivity index (χ0v) is 30.9. The molecule has 1 heteroatoms. The Hall–Kier alpha value is -2.64. The van der Waals surface area contributed by atoms with Crippen molar-refractivity contribution in [3.63, 3.8) is 0 Å². The van der Waals surface area contributed by atoms with E-state index in [2.05, 4.69) is 122 Å². The first-order valence-electron chi connectivity index (χ1n) is 16.7. The van der Waals surface area contributed by atoms with Crippen LogP contribution in [-0.4, -0.2) is 24.5 Å². The third-order valence-electron chi connectivity index (χ3n) is 6.14. The molecule has 1 nitrogen and oxygen atoms in total. The number of aryl methyl sites for hydroxylation is 4. The lowest BCUT2D eigenvalue weighted by atomic mass is 9.95. The molecule has 42 heavy (non-hydrogen) atoms. The molecule has 240 valence electrons. The second-order valence-corrected chi connectivity index (χ2v) is 9.31. The van der Waals surface area contributed by atoms with E-state index in [0.29, 0.717) is 0 Å². The molecule has 0 aliphatic carbocycles. The van der Waals surface area contributed by atoms with Crippen molar-refractivity contribution in [2.24, 2.45) is 0 Å². The normalized spacial score (nSPS) is 8.95. The Morgan fingerprint density at radius 3 is 1.52 bits per heavy atom. The molecule has 3 rings (SSSR count). The van der Waals surface area contributed by atoms with Crippen molar-refractivity contribution in [2.75, 3.05) is 19.6 Å². The van der Waals surface area contributed by atoms with Gasteiger partial charge >= 0.3 is 0 Å². The fourth-order valence-corrected chi connectivity index (χ4v) is 3.91. The highest BCUT2D eigenvalue weighted by atomic mass is 15.1. The lowest BCUT2D eigenvalue weighted by molar-refractivity contribution is 0.304. The summed E-state index contributed by atoms with van der Waals surface area (Å²) in [7, 11) is 0. The van der Waals surface area contributed by atoms with E-state index in [0.717, 1.165) is 23.3 Å². The Morgan fingerprint density at radius 1 is 0.714 bits per heavy atom. The van der Waals surface area contributed by atoms with E-state index < -0.39 is 0 Å².